The molecule has 0 fully saturated rings. The summed E-state index contributed by atoms with van der Waals surface area (Å²) in [6.07, 6.45) is 0. The number of anilines is 1. The van der Waals surface area contributed by atoms with E-state index in [9.17, 15) is 9.59 Å². The number of benzene rings is 1. The van der Waals surface area contributed by atoms with Gasteiger partial charge >= 0.3 is 5.97 Å². The average molecular weight is 293 g/mol. The third kappa shape index (κ3) is 5.17. The lowest BCUT2D eigenvalue weighted by Crippen LogP contribution is -2.44. The maximum absolute atomic E-state index is 12.2. The second-order valence-electron chi connectivity index (χ2n) is 4.71. The number of hydrogen-bond acceptors (Lipinski definition) is 5. The van der Waals surface area contributed by atoms with Crippen LogP contribution < -0.4 is 11.1 Å². The van der Waals surface area contributed by atoms with Crippen molar-refractivity contribution < 1.29 is 14.3 Å². The summed E-state index contributed by atoms with van der Waals surface area (Å²) < 4.78 is 4.63. The lowest BCUT2D eigenvalue weighted by molar-refractivity contribution is -0.142. The zero-order valence-corrected chi connectivity index (χ0v) is 12.8. The van der Waals surface area contributed by atoms with Crippen molar-refractivity contribution in [1.82, 2.24) is 4.90 Å². The lowest BCUT2D eigenvalue weighted by Gasteiger charge is -2.25. The Morgan fingerprint density at radius 3 is 2.71 bits per heavy atom. The molecule has 1 amide bonds. The summed E-state index contributed by atoms with van der Waals surface area (Å²) in [5.41, 5.74) is 7.22. The van der Waals surface area contributed by atoms with Gasteiger partial charge in [0.2, 0.25) is 5.91 Å². The number of methoxy groups -OCH3 is 1. The summed E-state index contributed by atoms with van der Waals surface area (Å²) in [4.78, 5) is 25.3. The molecule has 0 saturated carbocycles. The Hall–Kier alpha value is -1.92. The van der Waals surface area contributed by atoms with Crippen LogP contribution in [0.3, 0.4) is 0 Å². The van der Waals surface area contributed by atoms with Crippen molar-refractivity contribution in [2.75, 3.05) is 25.5 Å². The van der Waals surface area contributed by atoms with Crippen molar-refractivity contribution in [3.8, 4) is 0 Å². The topological polar surface area (TPSA) is 84.7 Å². The van der Waals surface area contributed by atoms with Gasteiger partial charge in [-0.2, -0.15) is 0 Å². The van der Waals surface area contributed by atoms with Crippen molar-refractivity contribution >= 4 is 17.6 Å². The maximum atomic E-state index is 12.2. The zero-order valence-electron chi connectivity index (χ0n) is 12.8. The van der Waals surface area contributed by atoms with Crippen LogP contribution in [0, 0.1) is 0 Å². The molecule has 1 unspecified atom stereocenters. The molecule has 6 nitrogen and oxygen atoms in total. The van der Waals surface area contributed by atoms with E-state index in [1.807, 2.05) is 25.1 Å². The monoisotopic (exact) mass is 293 g/mol. The summed E-state index contributed by atoms with van der Waals surface area (Å²) in [7, 11) is 1.33. The predicted molar refractivity (Wildman–Crippen MR) is 81.7 cm³/mol. The number of esters is 1. The summed E-state index contributed by atoms with van der Waals surface area (Å²) >= 11 is 0. The highest BCUT2D eigenvalue weighted by atomic mass is 16.5. The van der Waals surface area contributed by atoms with Crippen LogP contribution >= 0.6 is 0 Å². The van der Waals surface area contributed by atoms with Crippen molar-refractivity contribution in [3.63, 3.8) is 0 Å². The number of nitrogens with one attached hydrogen (secondary N) is 1. The molecule has 1 atom stereocenters. The lowest BCUT2D eigenvalue weighted by atomic mass is 10.2. The van der Waals surface area contributed by atoms with Crippen molar-refractivity contribution in [1.29, 1.82) is 0 Å². The van der Waals surface area contributed by atoms with Crippen molar-refractivity contribution in [2.24, 2.45) is 5.73 Å². The number of nitrogens with zero attached hydrogens (tertiary/aromatic N) is 1. The van der Waals surface area contributed by atoms with Crippen LogP contribution in [-0.4, -0.2) is 43.0 Å². The Morgan fingerprint density at radius 2 is 2.14 bits per heavy atom. The number of ether oxygens (including phenoxy) is 1. The van der Waals surface area contributed by atoms with Crippen molar-refractivity contribution in [2.45, 2.75) is 26.4 Å². The van der Waals surface area contributed by atoms with E-state index >= 15 is 0 Å². The third-order valence-corrected chi connectivity index (χ3v) is 3.32. The second kappa shape index (κ2) is 8.39. The molecule has 0 aliphatic heterocycles. The van der Waals surface area contributed by atoms with E-state index < -0.39 is 6.04 Å². The summed E-state index contributed by atoms with van der Waals surface area (Å²) in [6.45, 7) is 4.73. The van der Waals surface area contributed by atoms with E-state index in [1.165, 1.54) is 7.11 Å². The van der Waals surface area contributed by atoms with Gasteiger partial charge in [0.1, 0.15) is 0 Å². The van der Waals surface area contributed by atoms with Crippen LogP contribution in [0.25, 0.3) is 0 Å². The molecule has 0 aliphatic carbocycles. The van der Waals surface area contributed by atoms with Gasteiger partial charge in [-0.15, -0.1) is 0 Å². The van der Waals surface area contributed by atoms with Crippen LogP contribution in [-0.2, 0) is 20.9 Å². The Kier molecular flexibility index (Phi) is 6.84. The number of hydrogen-bond donors (Lipinski definition) is 2. The number of nitrogens with two attached hydrogens (primary N) is 1. The molecule has 0 saturated heterocycles. The van der Waals surface area contributed by atoms with Gasteiger partial charge in [0.25, 0.3) is 0 Å². The first kappa shape index (κ1) is 17.1. The summed E-state index contributed by atoms with van der Waals surface area (Å²) in [5, 5.41) is 2.83. The smallest absolute Gasteiger partial charge is 0.319 e. The fraction of sp³-hybridized carbons (Fsp3) is 0.467. The quantitative estimate of drug-likeness (QED) is 0.732. The molecule has 116 valence electrons. The molecule has 1 rings (SSSR count). The Morgan fingerprint density at radius 1 is 1.43 bits per heavy atom. The van der Waals surface area contributed by atoms with E-state index in [0.29, 0.717) is 18.8 Å². The number of carbonyl (C=O) groups excluding carboxylic acids is 2. The van der Waals surface area contributed by atoms with Crippen LogP contribution in [0.4, 0.5) is 5.69 Å². The highest BCUT2D eigenvalue weighted by Crippen LogP contribution is 2.11. The Balaban J connectivity index is 2.69. The molecular formula is C15H23N3O3. The highest BCUT2D eigenvalue weighted by Gasteiger charge is 2.22. The Labute approximate surface area is 125 Å². The third-order valence-electron chi connectivity index (χ3n) is 3.32. The number of amides is 1. The number of rotatable bonds is 7. The molecule has 1 aromatic rings. The normalized spacial score (nSPS) is 12.0. The first-order valence-corrected chi connectivity index (χ1v) is 6.92. The first-order chi connectivity index (χ1) is 10.0. The molecule has 0 bridgehead atoms. The van der Waals surface area contributed by atoms with Gasteiger partial charge in [0.05, 0.1) is 19.7 Å². The summed E-state index contributed by atoms with van der Waals surface area (Å²) in [5.74, 6) is -0.531. The molecule has 0 aliphatic rings. The minimum absolute atomic E-state index is 0.0877. The van der Waals surface area contributed by atoms with E-state index in [1.54, 1.807) is 17.9 Å². The molecule has 0 heterocycles. The van der Waals surface area contributed by atoms with Crippen LogP contribution in [0.1, 0.15) is 19.4 Å². The molecular weight excluding hydrogens is 270 g/mol. The van der Waals surface area contributed by atoms with E-state index in [2.05, 4.69) is 10.1 Å². The number of carbonyl (C=O) groups is 2. The fourth-order valence-electron chi connectivity index (χ4n) is 1.94. The first-order valence-electron chi connectivity index (χ1n) is 6.92. The molecule has 0 radical (unpaired) electrons. The van der Waals surface area contributed by atoms with Crippen molar-refractivity contribution in [3.05, 3.63) is 29.8 Å². The van der Waals surface area contributed by atoms with Gasteiger partial charge in [-0.3, -0.25) is 14.5 Å². The van der Waals surface area contributed by atoms with Gasteiger partial charge in [0.15, 0.2) is 0 Å². The van der Waals surface area contributed by atoms with Crippen LogP contribution in [0.15, 0.2) is 24.3 Å². The molecule has 0 aromatic heterocycles. The SMILES string of the molecule is CCN(CC(=O)OC)C(C)C(=O)Nc1cccc(CN)c1. The minimum Gasteiger partial charge on any atom is -0.468 e. The van der Waals surface area contributed by atoms with Gasteiger partial charge in [-0.05, 0) is 31.2 Å². The van der Waals surface area contributed by atoms with Crippen LogP contribution in [0.5, 0.6) is 0 Å². The fourth-order valence-corrected chi connectivity index (χ4v) is 1.94. The van der Waals surface area contributed by atoms with Gasteiger partial charge in [0, 0.05) is 12.2 Å². The highest BCUT2D eigenvalue weighted by molar-refractivity contribution is 5.94. The van der Waals surface area contributed by atoms with Gasteiger partial charge in [-0.1, -0.05) is 19.1 Å². The van der Waals surface area contributed by atoms with E-state index in [4.69, 9.17) is 5.73 Å². The summed E-state index contributed by atoms with van der Waals surface area (Å²) in [6, 6.07) is 6.95. The molecule has 21 heavy (non-hydrogen) atoms. The molecule has 6 heteroatoms. The number of likely N-dealkylation sites (N-methyl/N-ethyl adjacent to an activating group) is 1. The standard InChI is InChI=1S/C15H23N3O3/c1-4-18(10-14(19)21-3)11(2)15(20)17-13-7-5-6-12(8-13)9-16/h5-8,11H,4,9-10,16H2,1-3H3,(H,17,20). The Bertz CT molecular complexity index is 491. The van der Waals surface area contributed by atoms with E-state index in [-0.39, 0.29) is 18.4 Å². The maximum Gasteiger partial charge on any atom is 0.319 e. The largest absolute Gasteiger partial charge is 0.468 e. The van der Waals surface area contributed by atoms with E-state index in [0.717, 1.165) is 5.56 Å². The molecule has 1 aromatic carbocycles. The van der Waals surface area contributed by atoms with Gasteiger partial charge in [-0.25, -0.2) is 0 Å². The average Bonchev–Trinajstić information content (AvgIpc) is 2.51. The molecule has 3 N–H and O–H groups in total. The minimum atomic E-state index is -0.435. The van der Waals surface area contributed by atoms with Gasteiger partial charge < -0.3 is 15.8 Å². The molecule has 0 spiro atoms. The predicted octanol–water partition coefficient (Wildman–Crippen LogP) is 0.967. The second-order valence-corrected chi connectivity index (χ2v) is 4.71. The van der Waals surface area contributed by atoms with Crippen LogP contribution in [0.2, 0.25) is 0 Å². The zero-order chi connectivity index (χ0) is 15.8.